The molecule has 0 saturated carbocycles. The zero-order chi connectivity index (χ0) is 16.9. The number of hydrogen-bond acceptors (Lipinski definition) is 3. The topological polar surface area (TPSA) is 41.1 Å². The van der Waals surface area contributed by atoms with E-state index in [2.05, 4.69) is 29.7 Å². The van der Waals surface area contributed by atoms with Gasteiger partial charge in [-0.1, -0.05) is 17.7 Å². The molecule has 2 N–H and O–H groups in total. The third-order valence-corrected chi connectivity index (χ3v) is 4.69. The molecule has 1 amide bonds. The largest absolute Gasteiger partial charge is 0.380 e. The van der Waals surface area contributed by atoms with Crippen LogP contribution in [-0.2, 0) is 6.54 Å². The van der Waals surface area contributed by atoms with Crippen molar-refractivity contribution in [3.05, 3.63) is 81.5 Å². The van der Waals surface area contributed by atoms with Crippen LogP contribution in [0.3, 0.4) is 0 Å². The minimum absolute atomic E-state index is 0.0894. The lowest BCUT2D eigenvalue weighted by atomic mass is 10.1. The fourth-order valence-electron chi connectivity index (χ4n) is 2.43. The Labute approximate surface area is 146 Å². The van der Waals surface area contributed by atoms with Gasteiger partial charge in [0.05, 0.1) is 0 Å². The molecule has 3 aromatic rings. The molecular formula is C20H20N2OS. The number of carbonyl (C=O) groups is 1. The summed E-state index contributed by atoms with van der Waals surface area (Å²) in [5.41, 5.74) is 3.57. The van der Waals surface area contributed by atoms with E-state index in [-0.39, 0.29) is 5.91 Å². The van der Waals surface area contributed by atoms with Crippen LogP contribution in [0.15, 0.2) is 60.7 Å². The van der Waals surface area contributed by atoms with E-state index in [0.717, 1.165) is 23.5 Å². The number of carbonyl (C=O) groups excluding carboxylic acids is 1. The Balaban J connectivity index is 1.59. The van der Waals surface area contributed by atoms with E-state index in [1.165, 1.54) is 9.75 Å². The molecule has 1 heterocycles. The summed E-state index contributed by atoms with van der Waals surface area (Å²) >= 11 is 1.80. The molecule has 3 nitrogen and oxygen atoms in total. The van der Waals surface area contributed by atoms with Crippen molar-refractivity contribution in [2.45, 2.75) is 20.4 Å². The van der Waals surface area contributed by atoms with Gasteiger partial charge < -0.3 is 10.6 Å². The van der Waals surface area contributed by atoms with Crippen LogP contribution in [-0.4, -0.2) is 5.91 Å². The van der Waals surface area contributed by atoms with Gasteiger partial charge in [0.25, 0.3) is 5.91 Å². The minimum Gasteiger partial charge on any atom is -0.380 e. The SMILES string of the molecule is Cc1cccc(C(=O)Nc2ccc(NCc3ccc(C)s3)cc2)c1. The number of benzene rings is 2. The van der Waals surface area contributed by atoms with E-state index < -0.39 is 0 Å². The van der Waals surface area contributed by atoms with Crippen LogP contribution in [0.2, 0.25) is 0 Å². The van der Waals surface area contributed by atoms with Gasteiger partial charge in [0, 0.05) is 33.2 Å². The highest BCUT2D eigenvalue weighted by molar-refractivity contribution is 7.11. The molecule has 0 saturated heterocycles. The number of anilines is 2. The van der Waals surface area contributed by atoms with Crippen LogP contribution in [0.1, 0.15) is 25.7 Å². The molecule has 24 heavy (non-hydrogen) atoms. The summed E-state index contributed by atoms with van der Waals surface area (Å²) in [6.45, 7) is 4.90. The van der Waals surface area contributed by atoms with Crippen molar-refractivity contribution < 1.29 is 4.79 Å². The molecule has 122 valence electrons. The molecule has 2 aromatic carbocycles. The maximum atomic E-state index is 12.2. The Bertz CT molecular complexity index is 837. The van der Waals surface area contributed by atoms with Crippen molar-refractivity contribution in [3.63, 3.8) is 0 Å². The summed E-state index contributed by atoms with van der Waals surface area (Å²) in [4.78, 5) is 14.9. The first-order valence-corrected chi connectivity index (χ1v) is 8.69. The van der Waals surface area contributed by atoms with Crippen LogP contribution in [0.25, 0.3) is 0 Å². The van der Waals surface area contributed by atoms with Crippen LogP contribution in [0, 0.1) is 13.8 Å². The van der Waals surface area contributed by atoms with E-state index in [1.807, 2.05) is 55.5 Å². The standard InChI is InChI=1S/C20H20N2OS/c1-14-4-3-5-16(12-14)20(23)22-18-9-7-17(8-10-18)21-13-19-11-6-15(2)24-19/h3-12,21H,13H2,1-2H3,(H,22,23). The van der Waals surface area contributed by atoms with Gasteiger partial charge in [-0.05, 0) is 62.4 Å². The van der Waals surface area contributed by atoms with Gasteiger partial charge >= 0.3 is 0 Å². The second kappa shape index (κ2) is 7.32. The van der Waals surface area contributed by atoms with Crippen LogP contribution in [0.5, 0.6) is 0 Å². The van der Waals surface area contributed by atoms with E-state index in [0.29, 0.717) is 5.56 Å². The normalized spacial score (nSPS) is 10.4. The van der Waals surface area contributed by atoms with Crippen molar-refractivity contribution in [1.29, 1.82) is 0 Å². The highest BCUT2D eigenvalue weighted by Gasteiger charge is 2.06. The highest BCUT2D eigenvalue weighted by atomic mass is 32.1. The van der Waals surface area contributed by atoms with E-state index >= 15 is 0 Å². The fourth-order valence-corrected chi connectivity index (χ4v) is 3.26. The molecule has 0 atom stereocenters. The second-order valence-electron chi connectivity index (χ2n) is 5.77. The summed E-state index contributed by atoms with van der Waals surface area (Å²) in [5, 5.41) is 6.32. The van der Waals surface area contributed by atoms with Gasteiger partial charge in [0.1, 0.15) is 0 Å². The van der Waals surface area contributed by atoms with Gasteiger partial charge in [-0.15, -0.1) is 11.3 Å². The monoisotopic (exact) mass is 336 g/mol. The Morgan fingerprint density at radius 2 is 1.71 bits per heavy atom. The van der Waals surface area contributed by atoms with Gasteiger partial charge in [0.2, 0.25) is 0 Å². The van der Waals surface area contributed by atoms with Crippen molar-refractivity contribution in [2.75, 3.05) is 10.6 Å². The zero-order valence-electron chi connectivity index (χ0n) is 13.8. The number of hydrogen-bond donors (Lipinski definition) is 2. The maximum absolute atomic E-state index is 12.2. The lowest BCUT2D eigenvalue weighted by Gasteiger charge is -2.08. The molecule has 0 aliphatic heterocycles. The fraction of sp³-hybridized carbons (Fsp3) is 0.150. The van der Waals surface area contributed by atoms with Gasteiger partial charge in [0.15, 0.2) is 0 Å². The van der Waals surface area contributed by atoms with E-state index in [9.17, 15) is 4.79 Å². The van der Waals surface area contributed by atoms with E-state index in [4.69, 9.17) is 0 Å². The number of amides is 1. The Morgan fingerprint density at radius 3 is 2.38 bits per heavy atom. The van der Waals surface area contributed by atoms with Crippen molar-refractivity contribution >= 4 is 28.6 Å². The summed E-state index contributed by atoms with van der Waals surface area (Å²) in [5.74, 6) is -0.0894. The molecule has 0 spiro atoms. The first-order valence-electron chi connectivity index (χ1n) is 7.87. The molecule has 0 fully saturated rings. The Morgan fingerprint density at radius 1 is 0.958 bits per heavy atom. The molecular weight excluding hydrogens is 316 g/mol. The van der Waals surface area contributed by atoms with Crippen molar-refractivity contribution in [1.82, 2.24) is 0 Å². The molecule has 1 aromatic heterocycles. The van der Waals surface area contributed by atoms with Crippen LogP contribution < -0.4 is 10.6 Å². The highest BCUT2D eigenvalue weighted by Crippen LogP contribution is 2.19. The third kappa shape index (κ3) is 4.24. The average Bonchev–Trinajstić information content (AvgIpc) is 3.00. The molecule has 4 heteroatoms. The zero-order valence-corrected chi connectivity index (χ0v) is 14.6. The third-order valence-electron chi connectivity index (χ3n) is 3.69. The summed E-state index contributed by atoms with van der Waals surface area (Å²) in [6.07, 6.45) is 0. The predicted octanol–water partition coefficient (Wildman–Crippen LogP) is 5.23. The molecule has 0 aliphatic rings. The van der Waals surface area contributed by atoms with Crippen LogP contribution >= 0.6 is 11.3 Å². The number of thiophene rings is 1. The lowest BCUT2D eigenvalue weighted by Crippen LogP contribution is -2.11. The lowest BCUT2D eigenvalue weighted by molar-refractivity contribution is 0.102. The number of rotatable bonds is 5. The first kappa shape index (κ1) is 16.3. The molecule has 0 aliphatic carbocycles. The Kier molecular flexibility index (Phi) is 4.96. The quantitative estimate of drug-likeness (QED) is 0.670. The summed E-state index contributed by atoms with van der Waals surface area (Å²) in [6, 6.07) is 19.6. The smallest absolute Gasteiger partial charge is 0.255 e. The Hall–Kier alpha value is -2.59. The van der Waals surface area contributed by atoms with E-state index in [1.54, 1.807) is 11.3 Å². The summed E-state index contributed by atoms with van der Waals surface area (Å²) < 4.78 is 0. The van der Waals surface area contributed by atoms with Gasteiger partial charge in [-0.25, -0.2) is 0 Å². The predicted molar refractivity (Wildman–Crippen MR) is 102 cm³/mol. The van der Waals surface area contributed by atoms with Gasteiger partial charge in [-0.2, -0.15) is 0 Å². The average molecular weight is 336 g/mol. The second-order valence-corrected chi connectivity index (χ2v) is 7.14. The van der Waals surface area contributed by atoms with Crippen molar-refractivity contribution in [3.8, 4) is 0 Å². The molecule has 3 rings (SSSR count). The number of nitrogens with one attached hydrogen (secondary N) is 2. The van der Waals surface area contributed by atoms with Crippen LogP contribution in [0.4, 0.5) is 11.4 Å². The molecule has 0 unspecified atom stereocenters. The first-order chi connectivity index (χ1) is 11.6. The molecule has 0 bridgehead atoms. The van der Waals surface area contributed by atoms with Crippen molar-refractivity contribution in [2.24, 2.45) is 0 Å². The minimum atomic E-state index is -0.0894. The van der Waals surface area contributed by atoms with Gasteiger partial charge in [-0.3, -0.25) is 4.79 Å². The maximum Gasteiger partial charge on any atom is 0.255 e. The summed E-state index contributed by atoms with van der Waals surface area (Å²) in [7, 11) is 0. The molecule has 0 radical (unpaired) electrons. The number of aryl methyl sites for hydroxylation is 2.